The Balaban J connectivity index is 1.65. The molecule has 1 heterocycles. The van der Waals surface area contributed by atoms with E-state index in [0.717, 1.165) is 23.9 Å². The lowest BCUT2D eigenvalue weighted by atomic mass is 9.99. The van der Waals surface area contributed by atoms with E-state index in [4.69, 9.17) is 10.5 Å². The number of nitrogens with one attached hydrogen (secondary N) is 1. The van der Waals surface area contributed by atoms with Crippen molar-refractivity contribution >= 4 is 11.6 Å². The van der Waals surface area contributed by atoms with Crippen LogP contribution in [0.5, 0.6) is 5.75 Å². The normalized spacial score (nSPS) is 18.3. The van der Waals surface area contributed by atoms with Gasteiger partial charge < -0.3 is 15.8 Å². The second kappa shape index (κ2) is 9.42. The fourth-order valence-electron chi connectivity index (χ4n) is 3.63. The summed E-state index contributed by atoms with van der Waals surface area (Å²) >= 11 is 0. The number of hydrogen-bond acceptors (Lipinski definition) is 3. The molecule has 0 amide bonds. The lowest BCUT2D eigenvalue weighted by Crippen LogP contribution is -2.34. The highest BCUT2D eigenvalue weighted by molar-refractivity contribution is 5.93. The Morgan fingerprint density at radius 1 is 1.19 bits per heavy atom. The molecule has 2 aromatic carbocycles. The van der Waals surface area contributed by atoms with Crippen LogP contribution in [-0.4, -0.2) is 31.1 Å². The van der Waals surface area contributed by atoms with Crippen LogP contribution in [0, 0.1) is 5.92 Å². The molecule has 27 heavy (non-hydrogen) atoms. The minimum absolute atomic E-state index is 0.390. The molecule has 1 aliphatic heterocycles. The summed E-state index contributed by atoms with van der Waals surface area (Å²) in [5.74, 6) is 1.92. The maximum absolute atomic E-state index is 6.10. The second-order valence-electron chi connectivity index (χ2n) is 7.28. The topological polar surface area (TPSA) is 62.9 Å². The van der Waals surface area contributed by atoms with Crippen LogP contribution in [0.2, 0.25) is 0 Å². The highest BCUT2D eigenvalue weighted by Crippen LogP contribution is 2.23. The molecule has 1 aliphatic rings. The molecule has 1 saturated heterocycles. The number of anilines is 1. The molecule has 3 N–H and O–H groups in total. The number of ether oxygens (including phenoxy) is 1. The van der Waals surface area contributed by atoms with Gasteiger partial charge in [-0.1, -0.05) is 43.3 Å². The van der Waals surface area contributed by atoms with E-state index in [1.54, 1.807) is 7.11 Å². The van der Waals surface area contributed by atoms with Crippen molar-refractivity contribution in [2.45, 2.75) is 32.9 Å². The summed E-state index contributed by atoms with van der Waals surface area (Å²) in [6.07, 6.45) is 2.63. The van der Waals surface area contributed by atoms with Crippen LogP contribution in [-0.2, 0) is 13.1 Å². The van der Waals surface area contributed by atoms with E-state index >= 15 is 0 Å². The standard InChI is InChI=1S/C22H30N4O/c1-17-8-7-13-26(15-17)16-19-10-4-3-9-18(19)14-24-22(23)25-20-11-5-6-12-21(20)27-2/h3-6,9-12,17H,7-8,13-16H2,1-2H3,(H3,23,24,25). The van der Waals surface area contributed by atoms with Gasteiger partial charge in [-0.25, -0.2) is 4.99 Å². The summed E-state index contributed by atoms with van der Waals surface area (Å²) in [7, 11) is 1.64. The molecule has 1 fully saturated rings. The van der Waals surface area contributed by atoms with Gasteiger partial charge in [0.2, 0.25) is 0 Å². The van der Waals surface area contributed by atoms with Crippen LogP contribution < -0.4 is 15.8 Å². The number of methoxy groups -OCH3 is 1. The van der Waals surface area contributed by atoms with E-state index in [1.807, 2.05) is 24.3 Å². The molecule has 0 radical (unpaired) electrons. The monoisotopic (exact) mass is 366 g/mol. The summed E-state index contributed by atoms with van der Waals surface area (Å²) in [5.41, 5.74) is 9.48. The Bertz CT molecular complexity index is 774. The van der Waals surface area contributed by atoms with Crippen LogP contribution in [0.15, 0.2) is 53.5 Å². The van der Waals surface area contributed by atoms with Gasteiger partial charge >= 0.3 is 0 Å². The van der Waals surface area contributed by atoms with Crippen molar-refractivity contribution in [3.63, 3.8) is 0 Å². The van der Waals surface area contributed by atoms with Crippen molar-refractivity contribution in [2.24, 2.45) is 16.6 Å². The summed E-state index contributed by atoms with van der Waals surface area (Å²) in [5, 5.41) is 3.13. The number of guanidine groups is 1. The smallest absolute Gasteiger partial charge is 0.193 e. The second-order valence-corrected chi connectivity index (χ2v) is 7.28. The number of benzene rings is 2. The number of likely N-dealkylation sites (tertiary alicyclic amines) is 1. The molecule has 144 valence electrons. The fourth-order valence-corrected chi connectivity index (χ4v) is 3.63. The molecular weight excluding hydrogens is 336 g/mol. The zero-order valence-corrected chi connectivity index (χ0v) is 16.3. The molecule has 3 rings (SSSR count). The molecule has 2 aromatic rings. The molecule has 5 nitrogen and oxygen atoms in total. The van der Waals surface area contributed by atoms with Gasteiger partial charge in [-0.3, -0.25) is 4.90 Å². The highest BCUT2D eigenvalue weighted by Gasteiger charge is 2.17. The first-order valence-electron chi connectivity index (χ1n) is 9.65. The molecule has 5 heteroatoms. The van der Waals surface area contributed by atoms with Gasteiger partial charge in [0.1, 0.15) is 5.75 Å². The summed E-state index contributed by atoms with van der Waals surface area (Å²) in [4.78, 5) is 7.09. The summed E-state index contributed by atoms with van der Waals surface area (Å²) in [6.45, 7) is 6.24. The predicted molar refractivity (Wildman–Crippen MR) is 112 cm³/mol. The Hall–Kier alpha value is -2.53. The number of hydrogen-bond donors (Lipinski definition) is 2. The Morgan fingerprint density at radius 2 is 1.93 bits per heavy atom. The molecule has 1 atom stereocenters. The zero-order valence-electron chi connectivity index (χ0n) is 16.3. The van der Waals surface area contributed by atoms with Crippen LogP contribution in [0.4, 0.5) is 5.69 Å². The third kappa shape index (κ3) is 5.47. The van der Waals surface area contributed by atoms with E-state index in [0.29, 0.717) is 12.5 Å². The van der Waals surface area contributed by atoms with Crippen molar-refractivity contribution in [3.05, 3.63) is 59.7 Å². The number of nitrogens with two attached hydrogens (primary N) is 1. The fraction of sp³-hybridized carbons (Fsp3) is 0.409. The first-order valence-corrected chi connectivity index (χ1v) is 9.65. The minimum atomic E-state index is 0.390. The third-order valence-electron chi connectivity index (χ3n) is 5.04. The number of aliphatic imine (C=N–C) groups is 1. The first kappa shape index (κ1) is 19.2. The SMILES string of the molecule is COc1ccccc1NC(N)=NCc1ccccc1CN1CCCC(C)C1. The number of para-hydroxylation sites is 2. The minimum Gasteiger partial charge on any atom is -0.495 e. The highest BCUT2D eigenvalue weighted by atomic mass is 16.5. The molecule has 1 unspecified atom stereocenters. The van der Waals surface area contributed by atoms with Crippen molar-refractivity contribution in [1.29, 1.82) is 0 Å². The molecule has 0 bridgehead atoms. The Morgan fingerprint density at radius 3 is 2.70 bits per heavy atom. The molecular formula is C22H30N4O. The first-order chi connectivity index (χ1) is 13.2. The average Bonchev–Trinajstić information content (AvgIpc) is 2.68. The van der Waals surface area contributed by atoms with Crippen LogP contribution in [0.25, 0.3) is 0 Å². The maximum atomic E-state index is 6.10. The Labute approximate surface area is 162 Å². The molecule has 0 aliphatic carbocycles. The van der Waals surface area contributed by atoms with E-state index in [1.165, 1.54) is 37.1 Å². The van der Waals surface area contributed by atoms with Crippen LogP contribution in [0.1, 0.15) is 30.9 Å². The van der Waals surface area contributed by atoms with Crippen LogP contribution in [0.3, 0.4) is 0 Å². The van der Waals surface area contributed by atoms with Crippen molar-refractivity contribution in [3.8, 4) is 5.75 Å². The van der Waals surface area contributed by atoms with E-state index in [2.05, 4.69) is 46.4 Å². The Kier molecular flexibility index (Phi) is 6.71. The number of piperidine rings is 1. The lowest BCUT2D eigenvalue weighted by molar-refractivity contribution is 0.176. The predicted octanol–water partition coefficient (Wildman–Crippen LogP) is 3.85. The summed E-state index contributed by atoms with van der Waals surface area (Å²) in [6, 6.07) is 16.2. The quantitative estimate of drug-likeness (QED) is 0.602. The average molecular weight is 367 g/mol. The van der Waals surface area contributed by atoms with Crippen LogP contribution >= 0.6 is 0 Å². The van der Waals surface area contributed by atoms with E-state index in [9.17, 15) is 0 Å². The zero-order chi connectivity index (χ0) is 19.1. The molecule has 0 aromatic heterocycles. The van der Waals surface area contributed by atoms with Gasteiger partial charge in [0.05, 0.1) is 19.3 Å². The van der Waals surface area contributed by atoms with Gasteiger partial charge in [-0.05, 0) is 48.6 Å². The van der Waals surface area contributed by atoms with Gasteiger partial charge in [0.25, 0.3) is 0 Å². The van der Waals surface area contributed by atoms with Gasteiger partial charge in [-0.15, -0.1) is 0 Å². The lowest BCUT2D eigenvalue weighted by Gasteiger charge is -2.31. The maximum Gasteiger partial charge on any atom is 0.193 e. The van der Waals surface area contributed by atoms with E-state index in [-0.39, 0.29) is 0 Å². The van der Waals surface area contributed by atoms with Crippen molar-refractivity contribution < 1.29 is 4.74 Å². The third-order valence-corrected chi connectivity index (χ3v) is 5.04. The summed E-state index contributed by atoms with van der Waals surface area (Å²) < 4.78 is 5.34. The molecule has 0 spiro atoms. The van der Waals surface area contributed by atoms with E-state index < -0.39 is 0 Å². The van der Waals surface area contributed by atoms with Gasteiger partial charge in [-0.2, -0.15) is 0 Å². The number of nitrogens with zero attached hydrogens (tertiary/aromatic N) is 2. The van der Waals surface area contributed by atoms with Gasteiger partial charge in [0, 0.05) is 13.1 Å². The molecule has 0 saturated carbocycles. The largest absolute Gasteiger partial charge is 0.495 e. The van der Waals surface area contributed by atoms with Crippen molar-refractivity contribution in [2.75, 3.05) is 25.5 Å². The number of rotatable bonds is 6. The van der Waals surface area contributed by atoms with Crippen molar-refractivity contribution in [1.82, 2.24) is 4.90 Å². The van der Waals surface area contributed by atoms with Gasteiger partial charge in [0.15, 0.2) is 5.96 Å².